The summed E-state index contributed by atoms with van der Waals surface area (Å²) >= 11 is 6.08. The van der Waals surface area contributed by atoms with E-state index in [1.54, 1.807) is 12.1 Å². The molecule has 2 saturated carbocycles. The van der Waals surface area contributed by atoms with Crippen molar-refractivity contribution in [3.8, 4) is 11.4 Å². The highest BCUT2D eigenvalue weighted by Crippen LogP contribution is 2.50. The van der Waals surface area contributed by atoms with Crippen molar-refractivity contribution in [2.45, 2.75) is 32.2 Å². The highest BCUT2D eigenvalue weighted by molar-refractivity contribution is 6.31. The molecular formula is C15H18ClN5. The van der Waals surface area contributed by atoms with Gasteiger partial charge in [-0.25, -0.2) is 4.68 Å². The molecule has 2 aliphatic carbocycles. The molecule has 5 nitrogen and oxygen atoms in total. The van der Waals surface area contributed by atoms with Gasteiger partial charge in [-0.2, -0.15) is 0 Å². The summed E-state index contributed by atoms with van der Waals surface area (Å²) in [5, 5.41) is 12.8. The number of anilines is 1. The van der Waals surface area contributed by atoms with Gasteiger partial charge in [-0.15, -0.1) is 5.10 Å². The maximum atomic E-state index is 6.08. The van der Waals surface area contributed by atoms with Crippen LogP contribution in [-0.4, -0.2) is 20.2 Å². The third-order valence-electron chi connectivity index (χ3n) is 4.63. The van der Waals surface area contributed by atoms with E-state index in [1.165, 1.54) is 25.7 Å². The van der Waals surface area contributed by atoms with Crippen LogP contribution in [0.25, 0.3) is 11.4 Å². The fraction of sp³-hybridized carbons (Fsp3) is 0.533. The van der Waals surface area contributed by atoms with Crippen molar-refractivity contribution in [2.75, 3.05) is 5.73 Å². The molecule has 21 heavy (non-hydrogen) atoms. The van der Waals surface area contributed by atoms with E-state index < -0.39 is 0 Å². The first-order chi connectivity index (χ1) is 10.2. The largest absolute Gasteiger partial charge is 0.398 e. The maximum absolute atomic E-state index is 6.08. The summed E-state index contributed by atoms with van der Waals surface area (Å²) < 4.78 is 1.91. The van der Waals surface area contributed by atoms with Crippen molar-refractivity contribution in [2.24, 2.45) is 17.8 Å². The van der Waals surface area contributed by atoms with Crippen molar-refractivity contribution in [1.29, 1.82) is 0 Å². The van der Waals surface area contributed by atoms with Gasteiger partial charge in [0.25, 0.3) is 0 Å². The summed E-state index contributed by atoms with van der Waals surface area (Å²) in [6.07, 6.45) is 5.44. The molecule has 0 saturated heterocycles. The first-order valence-corrected chi connectivity index (χ1v) is 7.92. The van der Waals surface area contributed by atoms with Gasteiger partial charge in [0.1, 0.15) is 0 Å². The molecule has 1 aromatic heterocycles. The third-order valence-corrected chi connectivity index (χ3v) is 4.86. The summed E-state index contributed by atoms with van der Waals surface area (Å²) in [5.74, 6) is 3.17. The fourth-order valence-electron chi connectivity index (χ4n) is 3.17. The zero-order valence-corrected chi connectivity index (χ0v) is 12.5. The van der Waals surface area contributed by atoms with Gasteiger partial charge in [0, 0.05) is 22.8 Å². The van der Waals surface area contributed by atoms with Gasteiger partial charge in [-0.3, -0.25) is 0 Å². The van der Waals surface area contributed by atoms with Crippen molar-refractivity contribution in [3.05, 3.63) is 23.2 Å². The van der Waals surface area contributed by atoms with Crippen molar-refractivity contribution < 1.29 is 0 Å². The smallest absolute Gasteiger partial charge is 0.184 e. The van der Waals surface area contributed by atoms with Gasteiger partial charge in [0.2, 0.25) is 0 Å². The molecule has 0 bridgehead atoms. The summed E-state index contributed by atoms with van der Waals surface area (Å²) in [4.78, 5) is 0. The second-order valence-corrected chi connectivity index (χ2v) is 6.69. The quantitative estimate of drug-likeness (QED) is 0.862. The van der Waals surface area contributed by atoms with E-state index in [4.69, 9.17) is 17.3 Å². The molecule has 2 N–H and O–H groups in total. The van der Waals surface area contributed by atoms with Crippen LogP contribution in [0.5, 0.6) is 0 Å². The number of hydrogen-bond acceptors (Lipinski definition) is 4. The average molecular weight is 304 g/mol. The van der Waals surface area contributed by atoms with Crippen molar-refractivity contribution in [1.82, 2.24) is 20.2 Å². The van der Waals surface area contributed by atoms with Crippen LogP contribution in [0.3, 0.4) is 0 Å². The van der Waals surface area contributed by atoms with Crippen LogP contribution in [0.4, 0.5) is 5.69 Å². The molecule has 2 aliphatic rings. The van der Waals surface area contributed by atoms with Gasteiger partial charge in [-0.1, -0.05) is 11.6 Å². The lowest BCUT2D eigenvalue weighted by atomic mass is 9.98. The minimum Gasteiger partial charge on any atom is -0.398 e. The summed E-state index contributed by atoms with van der Waals surface area (Å²) in [6.45, 7) is 0.892. The Labute approximate surface area is 128 Å². The highest BCUT2D eigenvalue weighted by atomic mass is 35.5. The van der Waals surface area contributed by atoms with Crippen LogP contribution in [0, 0.1) is 17.8 Å². The Hall–Kier alpha value is -1.62. The molecule has 0 unspecified atom stereocenters. The Bertz CT molecular complexity index is 648. The summed E-state index contributed by atoms with van der Waals surface area (Å²) in [5.41, 5.74) is 7.53. The topological polar surface area (TPSA) is 69.6 Å². The zero-order chi connectivity index (χ0) is 14.4. The standard InChI is InChI=1S/C15H18ClN5/c16-11-5-6-14(17)12(7-11)15-18-19-20-21(15)8-13(9-1-2-9)10-3-4-10/h5-7,9-10,13H,1-4,8,17H2. The molecule has 0 spiro atoms. The normalized spacial score (nSPS) is 18.4. The van der Waals surface area contributed by atoms with Crippen LogP contribution >= 0.6 is 11.6 Å². The van der Waals surface area contributed by atoms with Crippen LogP contribution < -0.4 is 5.73 Å². The van der Waals surface area contributed by atoms with E-state index >= 15 is 0 Å². The molecule has 2 fully saturated rings. The predicted molar refractivity (Wildman–Crippen MR) is 81.6 cm³/mol. The Kier molecular flexibility index (Phi) is 3.10. The maximum Gasteiger partial charge on any atom is 0.184 e. The number of nitrogens with two attached hydrogens (primary N) is 1. The highest BCUT2D eigenvalue weighted by Gasteiger charge is 2.42. The Morgan fingerprint density at radius 1 is 1.24 bits per heavy atom. The molecule has 0 atom stereocenters. The summed E-state index contributed by atoms with van der Waals surface area (Å²) in [7, 11) is 0. The summed E-state index contributed by atoms with van der Waals surface area (Å²) in [6, 6.07) is 5.42. The average Bonchev–Trinajstić information content (AvgIpc) is 3.39. The Morgan fingerprint density at radius 3 is 2.62 bits per heavy atom. The first kappa shape index (κ1) is 13.1. The minimum atomic E-state index is 0.648. The molecule has 1 aromatic carbocycles. The fourth-order valence-corrected chi connectivity index (χ4v) is 3.35. The number of rotatable bonds is 5. The van der Waals surface area contributed by atoms with Crippen LogP contribution in [0.15, 0.2) is 18.2 Å². The van der Waals surface area contributed by atoms with E-state index in [-0.39, 0.29) is 0 Å². The zero-order valence-electron chi connectivity index (χ0n) is 11.7. The molecule has 0 aliphatic heterocycles. The van der Waals surface area contributed by atoms with Crippen molar-refractivity contribution >= 4 is 17.3 Å². The molecule has 2 aromatic rings. The van der Waals surface area contributed by atoms with E-state index in [1.807, 2.05) is 10.7 Å². The number of nitrogen functional groups attached to an aromatic ring is 1. The SMILES string of the molecule is Nc1ccc(Cl)cc1-c1nnnn1CC(C1CC1)C1CC1. The molecule has 6 heteroatoms. The van der Waals surface area contributed by atoms with Crippen LogP contribution in [0.1, 0.15) is 25.7 Å². The van der Waals surface area contributed by atoms with Crippen LogP contribution in [-0.2, 0) is 6.54 Å². The van der Waals surface area contributed by atoms with Gasteiger partial charge in [0.05, 0.1) is 0 Å². The lowest BCUT2D eigenvalue weighted by Gasteiger charge is -2.16. The molecule has 0 radical (unpaired) electrons. The molecule has 110 valence electrons. The van der Waals surface area contributed by atoms with Gasteiger partial charge >= 0.3 is 0 Å². The predicted octanol–water partition coefficient (Wildman–Crippen LogP) is 3.01. The van der Waals surface area contributed by atoms with Gasteiger partial charge < -0.3 is 5.73 Å². The third kappa shape index (κ3) is 2.62. The minimum absolute atomic E-state index is 0.648. The Balaban J connectivity index is 1.65. The van der Waals surface area contributed by atoms with Crippen LogP contribution in [0.2, 0.25) is 5.02 Å². The molecular weight excluding hydrogens is 286 g/mol. The van der Waals surface area contributed by atoms with E-state index in [2.05, 4.69) is 15.5 Å². The lowest BCUT2D eigenvalue weighted by Crippen LogP contribution is -2.17. The van der Waals surface area contributed by atoms with Gasteiger partial charge in [0.15, 0.2) is 5.82 Å². The number of tetrazole rings is 1. The lowest BCUT2D eigenvalue weighted by molar-refractivity contribution is 0.331. The number of halogens is 1. The monoisotopic (exact) mass is 303 g/mol. The molecule has 1 heterocycles. The second kappa shape index (κ2) is 4.98. The van der Waals surface area contributed by atoms with E-state index in [9.17, 15) is 0 Å². The van der Waals surface area contributed by atoms with E-state index in [0.29, 0.717) is 16.6 Å². The molecule has 4 rings (SSSR count). The number of hydrogen-bond donors (Lipinski definition) is 1. The van der Waals surface area contributed by atoms with E-state index in [0.717, 1.165) is 29.8 Å². The number of aromatic nitrogens is 4. The second-order valence-electron chi connectivity index (χ2n) is 6.25. The number of benzene rings is 1. The number of nitrogens with zero attached hydrogens (tertiary/aromatic N) is 4. The molecule has 0 amide bonds. The first-order valence-electron chi connectivity index (χ1n) is 7.54. The van der Waals surface area contributed by atoms with Crippen molar-refractivity contribution in [3.63, 3.8) is 0 Å². The van der Waals surface area contributed by atoms with Gasteiger partial charge in [-0.05, 0) is 72.1 Å². The Morgan fingerprint density at radius 2 is 1.95 bits per heavy atom.